The molecule has 96 valence electrons. The molecule has 0 bridgehead atoms. The monoisotopic (exact) mass is 313 g/mol. The van der Waals surface area contributed by atoms with Crippen LogP contribution in [0.2, 0.25) is 0 Å². The quantitative estimate of drug-likeness (QED) is 0.795. The molecule has 0 atom stereocenters. The maximum absolute atomic E-state index is 12.0. The van der Waals surface area contributed by atoms with Crippen LogP contribution in [0.15, 0.2) is 21.5 Å². The highest BCUT2D eigenvalue weighted by molar-refractivity contribution is 9.10. The first kappa shape index (κ1) is 12.8. The first-order valence-electron chi connectivity index (χ1n) is 5.41. The summed E-state index contributed by atoms with van der Waals surface area (Å²) in [6.45, 7) is 1.88. The first-order valence-corrected chi connectivity index (χ1v) is 6.20. The van der Waals surface area contributed by atoms with Gasteiger partial charge in [0, 0.05) is 17.7 Å². The average molecular weight is 314 g/mol. The third kappa shape index (κ3) is 2.17. The number of aryl methyl sites for hydroxylation is 1. The van der Waals surface area contributed by atoms with Gasteiger partial charge in [-0.25, -0.2) is 9.78 Å². The van der Waals surface area contributed by atoms with Gasteiger partial charge in [-0.15, -0.1) is 0 Å². The molecule has 0 N–H and O–H groups in total. The molecule has 7 heteroatoms. The molecular weight excluding hydrogens is 302 g/mol. The van der Waals surface area contributed by atoms with Gasteiger partial charge in [0.1, 0.15) is 6.54 Å². The van der Waals surface area contributed by atoms with E-state index in [1.807, 2.05) is 0 Å². The van der Waals surface area contributed by atoms with Gasteiger partial charge in [-0.3, -0.25) is 13.9 Å². The number of rotatable bonds is 3. The lowest BCUT2D eigenvalue weighted by molar-refractivity contribution is -0.143. The van der Waals surface area contributed by atoms with Gasteiger partial charge < -0.3 is 4.74 Å². The van der Waals surface area contributed by atoms with Crippen LogP contribution >= 0.6 is 15.9 Å². The van der Waals surface area contributed by atoms with Crippen molar-refractivity contribution in [2.75, 3.05) is 6.61 Å². The van der Waals surface area contributed by atoms with E-state index < -0.39 is 5.97 Å². The van der Waals surface area contributed by atoms with Crippen LogP contribution in [0.1, 0.15) is 6.92 Å². The SMILES string of the molecule is CCOC(=O)Cn1c(=O)n(C)c2cc(Br)cnc21. The van der Waals surface area contributed by atoms with Crippen LogP contribution in [0.4, 0.5) is 0 Å². The predicted octanol–water partition coefficient (Wildman–Crippen LogP) is 1.06. The molecule has 0 unspecified atom stereocenters. The van der Waals surface area contributed by atoms with Gasteiger partial charge in [0.25, 0.3) is 0 Å². The van der Waals surface area contributed by atoms with E-state index in [0.717, 1.165) is 4.47 Å². The molecule has 0 spiro atoms. The van der Waals surface area contributed by atoms with E-state index in [-0.39, 0.29) is 18.8 Å². The Balaban J connectivity index is 2.54. The molecule has 0 aliphatic rings. The number of nitrogens with zero attached hydrogens (tertiary/aromatic N) is 3. The molecule has 18 heavy (non-hydrogen) atoms. The highest BCUT2D eigenvalue weighted by Crippen LogP contribution is 2.15. The second-order valence-electron chi connectivity index (χ2n) is 3.73. The number of hydrogen-bond donors (Lipinski definition) is 0. The highest BCUT2D eigenvalue weighted by atomic mass is 79.9. The Morgan fingerprint density at radius 3 is 2.94 bits per heavy atom. The fraction of sp³-hybridized carbons (Fsp3) is 0.364. The van der Waals surface area contributed by atoms with Gasteiger partial charge in [0.05, 0.1) is 12.1 Å². The molecule has 0 aliphatic heterocycles. The number of carbonyl (C=O) groups excluding carboxylic acids is 1. The lowest BCUT2D eigenvalue weighted by atomic mass is 10.4. The Hall–Kier alpha value is -1.63. The van der Waals surface area contributed by atoms with Crippen LogP contribution in [0.5, 0.6) is 0 Å². The topological polar surface area (TPSA) is 66.1 Å². The second kappa shape index (κ2) is 4.93. The van der Waals surface area contributed by atoms with Gasteiger partial charge in [-0.05, 0) is 28.9 Å². The first-order chi connectivity index (χ1) is 8.54. The normalized spacial score (nSPS) is 10.8. The summed E-state index contributed by atoms with van der Waals surface area (Å²) in [4.78, 5) is 27.6. The van der Waals surface area contributed by atoms with Gasteiger partial charge in [0.2, 0.25) is 0 Å². The van der Waals surface area contributed by atoms with Crippen LogP contribution in [-0.2, 0) is 23.1 Å². The van der Waals surface area contributed by atoms with Gasteiger partial charge in [0.15, 0.2) is 5.65 Å². The van der Waals surface area contributed by atoms with Gasteiger partial charge in [-0.1, -0.05) is 0 Å². The summed E-state index contributed by atoms with van der Waals surface area (Å²) < 4.78 is 8.37. The van der Waals surface area contributed by atoms with Crippen molar-refractivity contribution in [2.24, 2.45) is 7.05 Å². The summed E-state index contributed by atoms with van der Waals surface area (Å²) >= 11 is 3.30. The number of hydrogen-bond acceptors (Lipinski definition) is 4. The molecular formula is C11H12BrN3O3. The molecule has 0 fully saturated rings. The predicted molar refractivity (Wildman–Crippen MR) is 69.3 cm³/mol. The van der Waals surface area contributed by atoms with Gasteiger partial charge >= 0.3 is 11.7 Å². The number of aromatic nitrogens is 3. The summed E-state index contributed by atoms with van der Waals surface area (Å²) in [5.74, 6) is -0.447. The summed E-state index contributed by atoms with van der Waals surface area (Å²) in [6.07, 6.45) is 1.59. The van der Waals surface area contributed by atoms with Crippen molar-refractivity contribution in [1.29, 1.82) is 0 Å². The van der Waals surface area contributed by atoms with E-state index in [4.69, 9.17) is 4.74 Å². The summed E-state index contributed by atoms with van der Waals surface area (Å²) in [5, 5.41) is 0. The third-order valence-electron chi connectivity index (χ3n) is 2.54. The Bertz CT molecular complexity index is 659. The van der Waals surface area contributed by atoms with E-state index >= 15 is 0 Å². The molecule has 2 rings (SSSR count). The van der Waals surface area contributed by atoms with Crippen molar-refractivity contribution in [1.82, 2.24) is 14.1 Å². The summed E-state index contributed by atoms with van der Waals surface area (Å²) in [6, 6.07) is 1.78. The van der Waals surface area contributed by atoms with Crippen molar-refractivity contribution < 1.29 is 9.53 Å². The van der Waals surface area contributed by atoms with Crippen molar-refractivity contribution in [2.45, 2.75) is 13.5 Å². The fourth-order valence-corrected chi connectivity index (χ4v) is 2.05. The number of halogens is 1. The standard InChI is InChI=1S/C11H12BrN3O3/c1-3-18-9(16)6-15-10-8(14(2)11(15)17)4-7(12)5-13-10/h4-5H,3,6H2,1-2H3. The molecule has 0 saturated heterocycles. The zero-order chi connectivity index (χ0) is 13.3. The molecule has 2 aromatic rings. The molecule has 0 saturated carbocycles. The minimum absolute atomic E-state index is 0.126. The number of imidazole rings is 1. The highest BCUT2D eigenvalue weighted by Gasteiger charge is 2.15. The Morgan fingerprint density at radius 1 is 1.56 bits per heavy atom. The zero-order valence-electron chi connectivity index (χ0n) is 10.0. The number of fused-ring (bicyclic) bond motifs is 1. The molecule has 0 aromatic carbocycles. The maximum atomic E-state index is 12.0. The van der Waals surface area contributed by atoms with Crippen molar-refractivity contribution in [3.63, 3.8) is 0 Å². The molecule has 0 amide bonds. The van der Waals surface area contributed by atoms with E-state index in [1.165, 1.54) is 9.13 Å². The van der Waals surface area contributed by atoms with E-state index in [1.54, 1.807) is 26.2 Å². The van der Waals surface area contributed by atoms with Crippen LogP contribution in [0.3, 0.4) is 0 Å². The molecule has 2 heterocycles. The Labute approximate surface area is 111 Å². The van der Waals surface area contributed by atoms with Crippen LogP contribution in [0.25, 0.3) is 11.2 Å². The lowest BCUT2D eigenvalue weighted by Crippen LogP contribution is -2.26. The van der Waals surface area contributed by atoms with E-state index in [0.29, 0.717) is 11.2 Å². The Morgan fingerprint density at radius 2 is 2.28 bits per heavy atom. The van der Waals surface area contributed by atoms with Crippen molar-refractivity contribution >= 4 is 33.1 Å². The average Bonchev–Trinajstić information content (AvgIpc) is 2.55. The maximum Gasteiger partial charge on any atom is 0.330 e. The largest absolute Gasteiger partial charge is 0.465 e. The number of esters is 1. The summed E-state index contributed by atoms with van der Waals surface area (Å²) in [7, 11) is 1.64. The number of ether oxygens (including phenoxy) is 1. The van der Waals surface area contributed by atoms with Crippen LogP contribution in [-0.4, -0.2) is 26.7 Å². The van der Waals surface area contributed by atoms with E-state index in [9.17, 15) is 9.59 Å². The van der Waals surface area contributed by atoms with Crippen molar-refractivity contribution in [3.05, 3.63) is 27.2 Å². The smallest absolute Gasteiger partial charge is 0.330 e. The van der Waals surface area contributed by atoms with Crippen LogP contribution < -0.4 is 5.69 Å². The fourth-order valence-electron chi connectivity index (χ4n) is 1.73. The van der Waals surface area contributed by atoms with Gasteiger partial charge in [-0.2, -0.15) is 0 Å². The second-order valence-corrected chi connectivity index (χ2v) is 4.64. The number of carbonyl (C=O) groups is 1. The number of pyridine rings is 1. The lowest BCUT2D eigenvalue weighted by Gasteiger charge is -2.02. The molecule has 0 radical (unpaired) electrons. The molecule has 0 aliphatic carbocycles. The van der Waals surface area contributed by atoms with Crippen LogP contribution in [0, 0.1) is 0 Å². The summed E-state index contributed by atoms with van der Waals surface area (Å²) in [5.41, 5.74) is 0.848. The third-order valence-corrected chi connectivity index (χ3v) is 2.97. The molecule has 6 nitrogen and oxygen atoms in total. The minimum Gasteiger partial charge on any atom is -0.465 e. The minimum atomic E-state index is -0.447. The Kier molecular flexibility index (Phi) is 3.51. The van der Waals surface area contributed by atoms with Crippen molar-refractivity contribution in [3.8, 4) is 0 Å². The molecule has 2 aromatic heterocycles. The van der Waals surface area contributed by atoms with E-state index in [2.05, 4.69) is 20.9 Å². The zero-order valence-corrected chi connectivity index (χ0v) is 11.6.